The van der Waals surface area contributed by atoms with Crippen LogP contribution in [0.2, 0.25) is 0 Å². The van der Waals surface area contributed by atoms with Gasteiger partial charge in [-0.25, -0.2) is 0 Å². The third kappa shape index (κ3) is 7.61. The van der Waals surface area contributed by atoms with Crippen LogP contribution in [0.5, 0.6) is 17.2 Å². The number of ketones is 1. The SMILES string of the molecule is CC(=O)c1ccc(OCCCCCCCN(C)Cc2cccc(O)c2)cc1O. The topological polar surface area (TPSA) is 70.0 Å². The molecule has 0 spiro atoms. The van der Waals surface area contributed by atoms with Crippen molar-refractivity contribution in [2.45, 2.75) is 45.6 Å². The molecule has 0 saturated heterocycles. The molecular formula is C23H31NO4. The first kappa shape index (κ1) is 21.8. The average molecular weight is 386 g/mol. The van der Waals surface area contributed by atoms with Crippen molar-refractivity contribution in [3.63, 3.8) is 0 Å². The van der Waals surface area contributed by atoms with Gasteiger partial charge >= 0.3 is 0 Å². The summed E-state index contributed by atoms with van der Waals surface area (Å²) in [5.74, 6) is 0.727. The number of Topliss-reactive ketones (excluding diaryl/α,β-unsaturated/α-hetero) is 1. The maximum Gasteiger partial charge on any atom is 0.163 e. The van der Waals surface area contributed by atoms with Crippen molar-refractivity contribution in [1.29, 1.82) is 0 Å². The van der Waals surface area contributed by atoms with Crippen LogP contribution in [0.15, 0.2) is 42.5 Å². The predicted octanol–water partition coefficient (Wildman–Crippen LogP) is 4.76. The third-order valence-electron chi connectivity index (χ3n) is 4.66. The van der Waals surface area contributed by atoms with Crippen molar-refractivity contribution in [2.75, 3.05) is 20.2 Å². The lowest BCUT2D eigenvalue weighted by Crippen LogP contribution is -2.18. The van der Waals surface area contributed by atoms with Gasteiger partial charge in [0.2, 0.25) is 0 Å². The highest BCUT2D eigenvalue weighted by atomic mass is 16.5. The fourth-order valence-electron chi connectivity index (χ4n) is 3.15. The zero-order chi connectivity index (χ0) is 20.4. The molecule has 0 unspecified atom stereocenters. The number of phenolic OH excluding ortho intramolecular Hbond substituents is 2. The maximum atomic E-state index is 11.3. The van der Waals surface area contributed by atoms with Gasteiger partial charge in [-0.05, 0) is 63.2 Å². The molecule has 0 amide bonds. The molecular weight excluding hydrogens is 354 g/mol. The Morgan fingerprint density at radius 3 is 2.46 bits per heavy atom. The highest BCUT2D eigenvalue weighted by Crippen LogP contribution is 2.24. The van der Waals surface area contributed by atoms with E-state index in [1.807, 2.05) is 18.2 Å². The highest BCUT2D eigenvalue weighted by Gasteiger charge is 2.07. The fraction of sp³-hybridized carbons (Fsp3) is 0.435. The number of unbranched alkanes of at least 4 members (excludes halogenated alkanes) is 4. The smallest absolute Gasteiger partial charge is 0.163 e. The molecule has 0 aliphatic heterocycles. The molecule has 28 heavy (non-hydrogen) atoms. The van der Waals surface area contributed by atoms with Gasteiger partial charge in [0, 0.05) is 12.6 Å². The molecule has 0 atom stereocenters. The van der Waals surface area contributed by atoms with Crippen molar-refractivity contribution in [3.05, 3.63) is 53.6 Å². The van der Waals surface area contributed by atoms with Gasteiger partial charge in [0.05, 0.1) is 12.2 Å². The van der Waals surface area contributed by atoms with Gasteiger partial charge in [-0.2, -0.15) is 0 Å². The van der Waals surface area contributed by atoms with Gasteiger partial charge in [0.15, 0.2) is 5.78 Å². The second-order valence-electron chi connectivity index (χ2n) is 7.26. The maximum absolute atomic E-state index is 11.3. The van der Waals surface area contributed by atoms with E-state index in [0.717, 1.165) is 44.3 Å². The van der Waals surface area contributed by atoms with Crippen LogP contribution in [-0.2, 0) is 6.54 Å². The van der Waals surface area contributed by atoms with Gasteiger partial charge in [-0.3, -0.25) is 4.79 Å². The second kappa shape index (κ2) is 11.3. The number of carbonyl (C=O) groups excluding carboxylic acids is 1. The molecule has 0 aliphatic rings. The zero-order valence-corrected chi connectivity index (χ0v) is 16.9. The number of ether oxygens (including phenoxy) is 1. The van der Waals surface area contributed by atoms with Gasteiger partial charge in [-0.15, -0.1) is 0 Å². The Labute approximate surface area is 167 Å². The van der Waals surface area contributed by atoms with E-state index in [4.69, 9.17) is 4.74 Å². The predicted molar refractivity (Wildman–Crippen MR) is 111 cm³/mol. The molecule has 0 aliphatic carbocycles. The molecule has 2 N–H and O–H groups in total. The van der Waals surface area contributed by atoms with E-state index in [2.05, 4.69) is 11.9 Å². The summed E-state index contributed by atoms with van der Waals surface area (Å²) < 4.78 is 5.64. The first-order valence-corrected chi connectivity index (χ1v) is 9.89. The van der Waals surface area contributed by atoms with Gasteiger partial charge in [-0.1, -0.05) is 31.4 Å². The quantitative estimate of drug-likeness (QED) is 0.407. The number of nitrogens with zero attached hydrogens (tertiary/aromatic N) is 1. The highest BCUT2D eigenvalue weighted by molar-refractivity contribution is 5.96. The van der Waals surface area contributed by atoms with E-state index in [0.29, 0.717) is 23.7 Å². The summed E-state index contributed by atoms with van der Waals surface area (Å²) in [6, 6.07) is 12.2. The Bertz CT molecular complexity index is 760. The average Bonchev–Trinajstić information content (AvgIpc) is 2.63. The minimum Gasteiger partial charge on any atom is -0.508 e. The first-order valence-electron chi connectivity index (χ1n) is 9.89. The largest absolute Gasteiger partial charge is 0.508 e. The Morgan fingerprint density at radius 1 is 1.00 bits per heavy atom. The standard InChI is InChI=1S/C23H31NO4/c1-18(25)22-12-11-21(16-23(22)27)28-14-7-5-3-4-6-13-24(2)17-19-9-8-10-20(26)15-19/h8-12,15-16,26-27H,3-7,13-14,17H2,1-2H3. The minimum absolute atomic E-state index is 0.0279. The molecule has 2 rings (SSSR count). The molecule has 0 fully saturated rings. The molecule has 0 radical (unpaired) electrons. The van der Waals surface area contributed by atoms with Crippen molar-refractivity contribution in [2.24, 2.45) is 0 Å². The summed E-state index contributed by atoms with van der Waals surface area (Å²) in [5.41, 5.74) is 1.45. The van der Waals surface area contributed by atoms with Crippen LogP contribution in [0.25, 0.3) is 0 Å². The van der Waals surface area contributed by atoms with E-state index in [-0.39, 0.29) is 11.5 Å². The Kier molecular flexibility index (Phi) is 8.82. The minimum atomic E-state index is -0.156. The second-order valence-corrected chi connectivity index (χ2v) is 7.26. The zero-order valence-electron chi connectivity index (χ0n) is 16.9. The molecule has 2 aromatic carbocycles. The van der Waals surface area contributed by atoms with Crippen molar-refractivity contribution >= 4 is 5.78 Å². The molecule has 152 valence electrons. The van der Waals surface area contributed by atoms with E-state index in [1.54, 1.807) is 18.2 Å². The van der Waals surface area contributed by atoms with Gasteiger partial charge < -0.3 is 19.8 Å². The molecule has 2 aromatic rings. The van der Waals surface area contributed by atoms with E-state index in [9.17, 15) is 15.0 Å². The number of phenols is 2. The summed E-state index contributed by atoms with van der Waals surface area (Å²) in [6.07, 6.45) is 5.56. The molecule has 5 nitrogen and oxygen atoms in total. The summed E-state index contributed by atoms with van der Waals surface area (Å²) in [7, 11) is 2.10. The van der Waals surface area contributed by atoms with E-state index >= 15 is 0 Å². The molecule has 0 heterocycles. The number of rotatable bonds is 12. The van der Waals surface area contributed by atoms with Crippen LogP contribution in [0.1, 0.15) is 54.9 Å². The van der Waals surface area contributed by atoms with E-state index in [1.165, 1.54) is 19.4 Å². The monoisotopic (exact) mass is 385 g/mol. The number of benzene rings is 2. The number of hydrogen-bond acceptors (Lipinski definition) is 5. The summed E-state index contributed by atoms with van der Waals surface area (Å²) in [4.78, 5) is 13.6. The Morgan fingerprint density at radius 2 is 1.75 bits per heavy atom. The molecule has 5 heteroatoms. The number of aromatic hydroxyl groups is 2. The van der Waals surface area contributed by atoms with Crippen LogP contribution < -0.4 is 4.74 Å². The van der Waals surface area contributed by atoms with Crippen molar-refractivity contribution in [3.8, 4) is 17.2 Å². The molecule has 0 aromatic heterocycles. The summed E-state index contributed by atoms with van der Waals surface area (Å²) in [5, 5.41) is 19.3. The van der Waals surface area contributed by atoms with Gasteiger partial charge in [0.1, 0.15) is 17.2 Å². The summed E-state index contributed by atoms with van der Waals surface area (Å²) in [6.45, 7) is 3.92. The number of carbonyl (C=O) groups is 1. The third-order valence-corrected chi connectivity index (χ3v) is 4.66. The van der Waals surface area contributed by atoms with Crippen LogP contribution in [0.3, 0.4) is 0 Å². The van der Waals surface area contributed by atoms with Gasteiger partial charge in [0.25, 0.3) is 0 Å². The lowest BCUT2D eigenvalue weighted by atomic mass is 10.1. The first-order chi connectivity index (χ1) is 13.5. The van der Waals surface area contributed by atoms with Crippen LogP contribution in [0, 0.1) is 0 Å². The molecule has 0 saturated carbocycles. The normalized spacial score (nSPS) is 11.0. The van der Waals surface area contributed by atoms with E-state index < -0.39 is 0 Å². The number of hydrogen-bond donors (Lipinski definition) is 2. The lowest BCUT2D eigenvalue weighted by Gasteiger charge is -2.16. The molecule has 0 bridgehead atoms. The van der Waals surface area contributed by atoms with Crippen LogP contribution in [0.4, 0.5) is 0 Å². The van der Waals surface area contributed by atoms with Crippen LogP contribution >= 0.6 is 0 Å². The Balaban J connectivity index is 1.52. The van der Waals surface area contributed by atoms with Crippen molar-refractivity contribution < 1.29 is 19.7 Å². The summed E-state index contributed by atoms with van der Waals surface area (Å²) >= 11 is 0. The fourth-order valence-corrected chi connectivity index (χ4v) is 3.15. The van der Waals surface area contributed by atoms with Crippen LogP contribution in [-0.4, -0.2) is 41.1 Å². The van der Waals surface area contributed by atoms with Crippen molar-refractivity contribution in [1.82, 2.24) is 4.90 Å². The Hall–Kier alpha value is -2.53. The lowest BCUT2D eigenvalue weighted by molar-refractivity contribution is 0.101.